The molecule has 90 valence electrons. The minimum atomic E-state index is 0.167. The highest BCUT2D eigenvalue weighted by molar-refractivity contribution is 5.90. The summed E-state index contributed by atoms with van der Waals surface area (Å²) in [5.74, 6) is 0. The average molecular weight is 238 g/mol. The number of hydrogen-bond donors (Lipinski definition) is 2. The van der Waals surface area contributed by atoms with Crippen LogP contribution >= 0.6 is 0 Å². The normalized spacial score (nSPS) is 12.5. The van der Waals surface area contributed by atoms with Gasteiger partial charge in [0.2, 0.25) is 0 Å². The standard InChI is InChI=1S/C14H14N4/c1-10(12-7-9-16-18-12)17-13-6-2-4-11-5-3-8-15-14(11)13/h2-10,17H,1H3,(H,16,18). The Hall–Kier alpha value is -2.36. The van der Waals surface area contributed by atoms with Gasteiger partial charge in [0.25, 0.3) is 0 Å². The van der Waals surface area contributed by atoms with Gasteiger partial charge in [0, 0.05) is 17.8 Å². The first-order valence-corrected chi connectivity index (χ1v) is 5.94. The van der Waals surface area contributed by atoms with Gasteiger partial charge in [-0.1, -0.05) is 18.2 Å². The summed E-state index contributed by atoms with van der Waals surface area (Å²) in [5, 5.41) is 11.5. The van der Waals surface area contributed by atoms with E-state index in [9.17, 15) is 0 Å². The smallest absolute Gasteiger partial charge is 0.0933 e. The molecule has 0 aliphatic rings. The van der Waals surface area contributed by atoms with Gasteiger partial charge in [0.1, 0.15) is 0 Å². The second-order valence-electron chi connectivity index (χ2n) is 4.26. The van der Waals surface area contributed by atoms with E-state index in [1.807, 2.05) is 30.5 Å². The van der Waals surface area contributed by atoms with Gasteiger partial charge >= 0.3 is 0 Å². The highest BCUT2D eigenvalue weighted by Gasteiger charge is 2.08. The number of anilines is 1. The Morgan fingerprint density at radius 2 is 2.00 bits per heavy atom. The van der Waals surface area contributed by atoms with E-state index in [2.05, 4.69) is 39.6 Å². The molecule has 1 aromatic carbocycles. The Balaban J connectivity index is 1.95. The van der Waals surface area contributed by atoms with Crippen LogP contribution in [0.2, 0.25) is 0 Å². The first-order valence-electron chi connectivity index (χ1n) is 5.94. The zero-order valence-electron chi connectivity index (χ0n) is 10.1. The topological polar surface area (TPSA) is 53.6 Å². The molecule has 0 radical (unpaired) electrons. The molecule has 1 atom stereocenters. The van der Waals surface area contributed by atoms with Gasteiger partial charge in [0.15, 0.2) is 0 Å². The van der Waals surface area contributed by atoms with Crippen LogP contribution in [0.25, 0.3) is 10.9 Å². The van der Waals surface area contributed by atoms with Gasteiger partial charge < -0.3 is 5.32 Å². The van der Waals surface area contributed by atoms with E-state index in [0.717, 1.165) is 22.3 Å². The third kappa shape index (κ3) is 1.93. The second kappa shape index (κ2) is 4.49. The number of aromatic nitrogens is 3. The summed E-state index contributed by atoms with van der Waals surface area (Å²) in [6.45, 7) is 2.09. The molecule has 0 amide bonds. The van der Waals surface area contributed by atoms with E-state index < -0.39 is 0 Å². The minimum absolute atomic E-state index is 0.167. The molecule has 4 nitrogen and oxygen atoms in total. The van der Waals surface area contributed by atoms with Crippen molar-refractivity contribution in [2.45, 2.75) is 13.0 Å². The molecule has 0 spiro atoms. The maximum atomic E-state index is 4.43. The van der Waals surface area contributed by atoms with Gasteiger partial charge in [-0.25, -0.2) is 0 Å². The molecule has 0 bridgehead atoms. The third-order valence-corrected chi connectivity index (χ3v) is 2.99. The number of aromatic amines is 1. The fourth-order valence-electron chi connectivity index (χ4n) is 2.04. The molecule has 2 heterocycles. The second-order valence-corrected chi connectivity index (χ2v) is 4.26. The van der Waals surface area contributed by atoms with E-state index in [1.165, 1.54) is 0 Å². The molecule has 0 saturated carbocycles. The predicted molar refractivity (Wildman–Crippen MR) is 72.4 cm³/mol. The van der Waals surface area contributed by atoms with Gasteiger partial charge in [-0.05, 0) is 25.1 Å². The summed E-state index contributed by atoms with van der Waals surface area (Å²) in [4.78, 5) is 4.43. The quantitative estimate of drug-likeness (QED) is 0.737. The number of hydrogen-bond acceptors (Lipinski definition) is 3. The highest BCUT2D eigenvalue weighted by Crippen LogP contribution is 2.24. The summed E-state index contributed by atoms with van der Waals surface area (Å²) in [5.41, 5.74) is 3.09. The van der Waals surface area contributed by atoms with Crippen LogP contribution in [0.3, 0.4) is 0 Å². The lowest BCUT2D eigenvalue weighted by molar-refractivity contribution is 0.826. The van der Waals surface area contributed by atoms with E-state index in [4.69, 9.17) is 0 Å². The molecular formula is C14H14N4. The van der Waals surface area contributed by atoms with Crippen LogP contribution in [0.1, 0.15) is 18.7 Å². The van der Waals surface area contributed by atoms with Crippen molar-refractivity contribution in [3.8, 4) is 0 Å². The van der Waals surface area contributed by atoms with Crippen molar-refractivity contribution < 1.29 is 0 Å². The van der Waals surface area contributed by atoms with E-state index in [1.54, 1.807) is 6.20 Å². The Morgan fingerprint density at radius 1 is 1.11 bits per heavy atom. The van der Waals surface area contributed by atoms with Crippen molar-refractivity contribution in [3.05, 3.63) is 54.5 Å². The number of H-pyrrole nitrogens is 1. The van der Waals surface area contributed by atoms with Crippen molar-refractivity contribution in [1.29, 1.82) is 0 Å². The van der Waals surface area contributed by atoms with Crippen LogP contribution in [0.15, 0.2) is 48.8 Å². The van der Waals surface area contributed by atoms with Crippen molar-refractivity contribution in [2.24, 2.45) is 0 Å². The number of fused-ring (bicyclic) bond motifs is 1. The number of nitrogens with zero attached hydrogens (tertiary/aromatic N) is 2. The summed E-state index contributed by atoms with van der Waals surface area (Å²) >= 11 is 0. The Kier molecular flexibility index (Phi) is 2.68. The van der Waals surface area contributed by atoms with Crippen LogP contribution in [0.5, 0.6) is 0 Å². The molecular weight excluding hydrogens is 224 g/mol. The number of benzene rings is 1. The first-order chi connectivity index (χ1) is 8.84. The molecule has 0 fully saturated rings. The summed E-state index contributed by atoms with van der Waals surface area (Å²) in [6, 6.07) is 12.3. The van der Waals surface area contributed by atoms with Crippen LogP contribution in [-0.4, -0.2) is 15.2 Å². The lowest BCUT2D eigenvalue weighted by atomic mass is 10.1. The SMILES string of the molecule is CC(Nc1cccc2cccnc12)c1ccn[nH]1. The van der Waals surface area contributed by atoms with E-state index >= 15 is 0 Å². The predicted octanol–water partition coefficient (Wildman–Crippen LogP) is 3.13. The van der Waals surface area contributed by atoms with E-state index in [0.29, 0.717) is 0 Å². The van der Waals surface area contributed by atoms with Gasteiger partial charge in [0.05, 0.1) is 22.9 Å². The monoisotopic (exact) mass is 238 g/mol. The average Bonchev–Trinajstić information content (AvgIpc) is 2.93. The number of para-hydroxylation sites is 1. The fraction of sp³-hybridized carbons (Fsp3) is 0.143. The summed E-state index contributed by atoms with van der Waals surface area (Å²) in [6.07, 6.45) is 3.57. The molecule has 1 unspecified atom stereocenters. The molecule has 2 aromatic heterocycles. The van der Waals surface area contributed by atoms with Crippen molar-refractivity contribution >= 4 is 16.6 Å². The van der Waals surface area contributed by atoms with Crippen LogP contribution < -0.4 is 5.32 Å². The third-order valence-electron chi connectivity index (χ3n) is 2.99. The molecule has 3 aromatic rings. The lowest BCUT2D eigenvalue weighted by Gasteiger charge is -2.14. The largest absolute Gasteiger partial charge is 0.375 e. The van der Waals surface area contributed by atoms with Crippen molar-refractivity contribution in [1.82, 2.24) is 15.2 Å². The van der Waals surface area contributed by atoms with Crippen molar-refractivity contribution in [3.63, 3.8) is 0 Å². The molecule has 0 aliphatic carbocycles. The zero-order chi connectivity index (χ0) is 12.4. The number of nitrogens with one attached hydrogen (secondary N) is 2. The van der Waals surface area contributed by atoms with Gasteiger partial charge in [-0.15, -0.1) is 0 Å². The highest BCUT2D eigenvalue weighted by atomic mass is 15.1. The summed E-state index contributed by atoms with van der Waals surface area (Å²) in [7, 11) is 0. The number of pyridine rings is 1. The Bertz CT molecular complexity index is 640. The van der Waals surface area contributed by atoms with Crippen LogP contribution in [0.4, 0.5) is 5.69 Å². The maximum absolute atomic E-state index is 4.43. The first kappa shape index (κ1) is 10.8. The van der Waals surface area contributed by atoms with Crippen LogP contribution in [0, 0.1) is 0 Å². The van der Waals surface area contributed by atoms with Crippen molar-refractivity contribution in [2.75, 3.05) is 5.32 Å². The maximum Gasteiger partial charge on any atom is 0.0933 e. The zero-order valence-corrected chi connectivity index (χ0v) is 10.1. The lowest BCUT2D eigenvalue weighted by Crippen LogP contribution is -2.07. The Labute approximate surface area is 105 Å². The molecule has 0 aliphatic heterocycles. The molecule has 4 heteroatoms. The van der Waals surface area contributed by atoms with Gasteiger partial charge in [-0.3, -0.25) is 10.1 Å². The van der Waals surface area contributed by atoms with Crippen LogP contribution in [-0.2, 0) is 0 Å². The molecule has 0 saturated heterocycles. The molecule has 3 rings (SSSR count). The molecule has 18 heavy (non-hydrogen) atoms. The van der Waals surface area contributed by atoms with E-state index in [-0.39, 0.29) is 6.04 Å². The Morgan fingerprint density at radius 3 is 2.83 bits per heavy atom. The number of rotatable bonds is 3. The fourth-order valence-corrected chi connectivity index (χ4v) is 2.04. The van der Waals surface area contributed by atoms with Gasteiger partial charge in [-0.2, -0.15) is 5.10 Å². The molecule has 2 N–H and O–H groups in total. The minimum Gasteiger partial charge on any atom is -0.375 e. The summed E-state index contributed by atoms with van der Waals surface area (Å²) < 4.78 is 0.